The number of sulfonamides is 1. The highest BCUT2D eigenvalue weighted by Gasteiger charge is 2.24. The average molecular weight is 417 g/mol. The van der Waals surface area contributed by atoms with Crippen LogP contribution in [0.3, 0.4) is 0 Å². The van der Waals surface area contributed by atoms with E-state index in [0.29, 0.717) is 5.69 Å². The summed E-state index contributed by atoms with van der Waals surface area (Å²) >= 11 is 0. The molecule has 1 amide bonds. The first-order valence-electron chi connectivity index (χ1n) is 9.93. The zero-order valence-electron chi connectivity index (χ0n) is 17.1. The summed E-state index contributed by atoms with van der Waals surface area (Å²) in [5.74, 6) is 0.429. The van der Waals surface area contributed by atoms with Gasteiger partial charge in [-0.2, -0.15) is 4.31 Å². The largest absolute Gasteiger partial charge is 0.490 e. The van der Waals surface area contributed by atoms with Gasteiger partial charge in [-0.05, 0) is 82.0 Å². The number of anilines is 1. The van der Waals surface area contributed by atoms with Gasteiger partial charge in [-0.15, -0.1) is 0 Å². The lowest BCUT2D eigenvalue weighted by molar-refractivity contribution is 0.102. The molecule has 0 heterocycles. The number of benzene rings is 2. The van der Waals surface area contributed by atoms with E-state index in [-0.39, 0.29) is 28.5 Å². The van der Waals surface area contributed by atoms with Gasteiger partial charge in [-0.25, -0.2) is 8.42 Å². The zero-order chi connectivity index (χ0) is 21.0. The molecule has 0 aromatic heterocycles. The topological polar surface area (TPSA) is 75.7 Å². The summed E-state index contributed by atoms with van der Waals surface area (Å²) in [6.45, 7) is 3.60. The Balaban J connectivity index is 1.69. The Kier molecular flexibility index (Phi) is 6.59. The third-order valence-electron chi connectivity index (χ3n) is 5.22. The molecule has 156 valence electrons. The third-order valence-corrected chi connectivity index (χ3v) is 7.25. The monoisotopic (exact) mass is 416 g/mol. The molecular weight excluding hydrogens is 388 g/mol. The maximum Gasteiger partial charge on any atom is 0.255 e. The number of hydrogen-bond acceptors (Lipinski definition) is 4. The van der Waals surface area contributed by atoms with Gasteiger partial charge in [-0.1, -0.05) is 6.07 Å². The fourth-order valence-electron chi connectivity index (χ4n) is 3.26. The van der Waals surface area contributed by atoms with Crippen molar-refractivity contribution in [1.82, 2.24) is 4.31 Å². The van der Waals surface area contributed by atoms with Gasteiger partial charge in [0, 0.05) is 24.3 Å². The predicted molar refractivity (Wildman–Crippen MR) is 114 cm³/mol. The number of carbonyl (C=O) groups is 1. The van der Waals surface area contributed by atoms with Crippen LogP contribution >= 0.6 is 0 Å². The summed E-state index contributed by atoms with van der Waals surface area (Å²) in [7, 11) is -2.12. The van der Waals surface area contributed by atoms with Gasteiger partial charge in [0.25, 0.3) is 5.91 Å². The lowest BCUT2D eigenvalue weighted by atomic mass is 10.2. The number of carbonyl (C=O) groups excluding carboxylic acids is 1. The number of hydrogen-bond donors (Lipinski definition) is 1. The van der Waals surface area contributed by atoms with E-state index in [9.17, 15) is 13.2 Å². The van der Waals surface area contributed by atoms with Gasteiger partial charge in [-0.3, -0.25) is 4.79 Å². The molecule has 0 atom stereocenters. The Morgan fingerprint density at radius 2 is 1.76 bits per heavy atom. The number of amides is 1. The van der Waals surface area contributed by atoms with E-state index in [1.165, 1.54) is 36.3 Å². The lowest BCUT2D eigenvalue weighted by Gasteiger charge is -2.21. The van der Waals surface area contributed by atoms with Crippen LogP contribution in [0, 0.1) is 0 Å². The molecule has 2 aromatic carbocycles. The van der Waals surface area contributed by atoms with E-state index >= 15 is 0 Å². The van der Waals surface area contributed by atoms with Crippen LogP contribution in [0.5, 0.6) is 5.75 Å². The molecule has 6 nitrogen and oxygen atoms in total. The van der Waals surface area contributed by atoms with Crippen LogP contribution in [0.4, 0.5) is 5.69 Å². The number of nitrogens with zero attached hydrogens (tertiary/aromatic N) is 1. The third kappa shape index (κ3) is 5.16. The Labute approximate surface area is 172 Å². The summed E-state index contributed by atoms with van der Waals surface area (Å²) in [4.78, 5) is 12.7. The first-order valence-corrected chi connectivity index (χ1v) is 11.4. The minimum absolute atomic E-state index is 0.0988. The Morgan fingerprint density at radius 3 is 2.38 bits per heavy atom. The van der Waals surface area contributed by atoms with Crippen molar-refractivity contribution in [3.8, 4) is 5.75 Å². The van der Waals surface area contributed by atoms with E-state index in [2.05, 4.69) is 5.32 Å². The fourth-order valence-corrected chi connectivity index (χ4v) is 4.67. The molecule has 0 saturated heterocycles. The van der Waals surface area contributed by atoms with Gasteiger partial charge in [0.15, 0.2) is 0 Å². The number of rotatable bonds is 7. The molecule has 7 heteroatoms. The first kappa shape index (κ1) is 21.3. The Bertz CT molecular complexity index is 949. The zero-order valence-corrected chi connectivity index (χ0v) is 17.9. The van der Waals surface area contributed by atoms with E-state index in [4.69, 9.17) is 4.74 Å². The van der Waals surface area contributed by atoms with Crippen molar-refractivity contribution >= 4 is 21.6 Å². The maximum atomic E-state index is 12.7. The van der Waals surface area contributed by atoms with E-state index in [0.717, 1.165) is 18.6 Å². The quantitative estimate of drug-likeness (QED) is 0.731. The van der Waals surface area contributed by atoms with Crippen LogP contribution in [-0.2, 0) is 10.0 Å². The van der Waals surface area contributed by atoms with Gasteiger partial charge in [0.2, 0.25) is 10.0 Å². The van der Waals surface area contributed by atoms with Crippen molar-refractivity contribution in [2.24, 2.45) is 0 Å². The normalized spacial score (nSPS) is 15.1. The molecule has 1 aliphatic carbocycles. The van der Waals surface area contributed by atoms with Crippen molar-refractivity contribution in [2.45, 2.75) is 56.6 Å². The summed E-state index contributed by atoms with van der Waals surface area (Å²) in [6, 6.07) is 13.2. The van der Waals surface area contributed by atoms with Crippen LogP contribution in [0.25, 0.3) is 0 Å². The van der Waals surface area contributed by atoms with Crippen molar-refractivity contribution in [3.63, 3.8) is 0 Å². The number of nitrogens with one attached hydrogen (secondary N) is 1. The molecule has 0 spiro atoms. The van der Waals surface area contributed by atoms with Crippen LogP contribution in [0.1, 0.15) is 49.9 Å². The van der Waals surface area contributed by atoms with Gasteiger partial charge < -0.3 is 10.1 Å². The SMILES string of the molecule is CC(C)N(C)S(=O)(=O)c1cccc(C(=O)Nc2ccc(OC3CCCC3)cc2)c1. The molecule has 1 N–H and O–H groups in total. The highest BCUT2D eigenvalue weighted by molar-refractivity contribution is 7.89. The van der Waals surface area contributed by atoms with Crippen molar-refractivity contribution in [2.75, 3.05) is 12.4 Å². The second kappa shape index (κ2) is 8.97. The second-order valence-electron chi connectivity index (χ2n) is 7.65. The molecule has 0 aliphatic heterocycles. The van der Waals surface area contributed by atoms with Crippen LogP contribution in [0.15, 0.2) is 53.4 Å². The first-order chi connectivity index (χ1) is 13.8. The van der Waals surface area contributed by atoms with Crippen molar-refractivity contribution < 1.29 is 17.9 Å². The van der Waals surface area contributed by atoms with Crippen LogP contribution in [0.2, 0.25) is 0 Å². The van der Waals surface area contributed by atoms with Crippen LogP contribution in [-0.4, -0.2) is 37.8 Å². The number of ether oxygens (including phenoxy) is 1. The van der Waals surface area contributed by atoms with E-state index in [1.807, 2.05) is 12.1 Å². The van der Waals surface area contributed by atoms with E-state index in [1.54, 1.807) is 38.1 Å². The van der Waals surface area contributed by atoms with Crippen molar-refractivity contribution in [1.29, 1.82) is 0 Å². The molecule has 1 saturated carbocycles. The second-order valence-corrected chi connectivity index (χ2v) is 9.64. The van der Waals surface area contributed by atoms with Gasteiger partial charge >= 0.3 is 0 Å². The smallest absolute Gasteiger partial charge is 0.255 e. The fraction of sp³-hybridized carbons (Fsp3) is 0.409. The Hall–Kier alpha value is -2.38. The van der Waals surface area contributed by atoms with Crippen molar-refractivity contribution in [3.05, 3.63) is 54.1 Å². The summed E-state index contributed by atoms with van der Waals surface area (Å²) in [5.41, 5.74) is 0.913. The van der Waals surface area contributed by atoms with Gasteiger partial charge in [0.05, 0.1) is 11.0 Å². The molecule has 2 aromatic rings. The summed E-state index contributed by atoms with van der Waals surface area (Å²) < 4.78 is 32.5. The average Bonchev–Trinajstić information content (AvgIpc) is 3.22. The maximum absolute atomic E-state index is 12.7. The molecule has 1 aliphatic rings. The molecule has 1 fully saturated rings. The summed E-state index contributed by atoms with van der Waals surface area (Å²) in [5, 5.41) is 2.81. The molecule has 29 heavy (non-hydrogen) atoms. The minimum Gasteiger partial charge on any atom is -0.490 e. The van der Waals surface area contributed by atoms with E-state index < -0.39 is 10.0 Å². The Morgan fingerprint density at radius 1 is 1.10 bits per heavy atom. The lowest BCUT2D eigenvalue weighted by Crippen LogP contribution is -2.33. The molecular formula is C22H28N2O4S. The highest BCUT2D eigenvalue weighted by atomic mass is 32.2. The molecule has 0 bridgehead atoms. The molecule has 0 unspecified atom stereocenters. The summed E-state index contributed by atoms with van der Waals surface area (Å²) in [6.07, 6.45) is 4.87. The standard InChI is InChI=1S/C22H28N2O4S/c1-16(2)24(3)29(26,27)21-10-6-7-17(15-21)22(25)23-18-11-13-20(14-12-18)28-19-8-4-5-9-19/h6-7,10-16,19H,4-5,8-9H2,1-3H3,(H,23,25). The predicted octanol–water partition coefficient (Wildman–Crippen LogP) is 4.29. The molecule has 0 radical (unpaired) electrons. The van der Waals surface area contributed by atoms with Crippen LogP contribution < -0.4 is 10.1 Å². The molecule has 3 rings (SSSR count). The van der Waals surface area contributed by atoms with Gasteiger partial charge in [0.1, 0.15) is 5.75 Å². The minimum atomic E-state index is -3.65. The highest BCUT2D eigenvalue weighted by Crippen LogP contribution is 2.25.